The van der Waals surface area contributed by atoms with Crippen LogP contribution >= 0.6 is 0 Å². The first-order chi connectivity index (χ1) is 13.4. The molecule has 29 heavy (non-hydrogen) atoms. The van der Waals surface area contributed by atoms with Crippen LogP contribution in [0.3, 0.4) is 0 Å². The molecule has 0 saturated heterocycles. The van der Waals surface area contributed by atoms with Crippen LogP contribution in [-0.2, 0) is 9.53 Å². The molecule has 0 fully saturated rings. The second kappa shape index (κ2) is 13.3. The zero-order valence-electron chi connectivity index (χ0n) is 17.2. The minimum atomic E-state index is -6.55. The Kier molecular flexibility index (Phi) is 12.8. The van der Waals surface area contributed by atoms with E-state index in [1.165, 1.54) is 25.7 Å². The number of hydrogen-bond acceptors (Lipinski definition) is 2. The van der Waals surface area contributed by atoms with E-state index in [9.17, 15) is 35.5 Å². The van der Waals surface area contributed by atoms with Crippen molar-refractivity contribution >= 4 is 5.97 Å². The maximum Gasteiger partial charge on any atom is 0.460 e. The zero-order valence-corrected chi connectivity index (χ0v) is 17.2. The number of halogens is 7. The van der Waals surface area contributed by atoms with Gasteiger partial charge in [-0.2, -0.15) is 30.7 Å². The average Bonchev–Trinajstić information content (AvgIpc) is 2.62. The van der Waals surface area contributed by atoms with Crippen LogP contribution < -0.4 is 0 Å². The lowest BCUT2D eigenvalue weighted by atomic mass is 10.0. The Morgan fingerprint density at radius 1 is 0.690 bits per heavy atom. The maximum atomic E-state index is 13.4. The fraction of sp³-hybridized carbons (Fsp3) is 0.950. The molecule has 0 aliphatic carbocycles. The third-order valence-electron chi connectivity index (χ3n) is 4.77. The zero-order chi connectivity index (χ0) is 22.6. The lowest BCUT2D eigenvalue weighted by Crippen LogP contribution is -2.57. The molecule has 0 N–H and O–H groups in total. The van der Waals surface area contributed by atoms with Crippen LogP contribution in [0.5, 0.6) is 0 Å². The Bertz CT molecular complexity index is 451. The van der Waals surface area contributed by atoms with Crippen molar-refractivity contribution in [2.24, 2.45) is 0 Å². The second-order valence-electron chi connectivity index (χ2n) is 7.43. The minimum Gasteiger partial charge on any atom is -0.458 e. The number of rotatable bonds is 16. The summed E-state index contributed by atoms with van der Waals surface area (Å²) in [6.07, 6.45) is 3.31. The molecule has 0 amide bonds. The van der Waals surface area contributed by atoms with Crippen LogP contribution in [-0.4, -0.2) is 30.1 Å². The van der Waals surface area contributed by atoms with E-state index < -0.39 is 30.1 Å². The number of unbranched alkanes of at least 4 members (excludes halogenated alkanes) is 9. The van der Waals surface area contributed by atoms with Crippen molar-refractivity contribution in [1.82, 2.24) is 0 Å². The predicted octanol–water partition coefficient (Wildman–Crippen LogP) is 7.84. The van der Waals surface area contributed by atoms with Gasteiger partial charge in [0.25, 0.3) is 0 Å². The quantitative estimate of drug-likeness (QED) is 0.139. The largest absolute Gasteiger partial charge is 0.460 e. The van der Waals surface area contributed by atoms with E-state index in [0.29, 0.717) is 12.8 Å². The van der Waals surface area contributed by atoms with Crippen molar-refractivity contribution in [3.63, 3.8) is 0 Å². The second-order valence-corrected chi connectivity index (χ2v) is 7.43. The van der Waals surface area contributed by atoms with Gasteiger partial charge in [-0.1, -0.05) is 78.1 Å². The molecule has 0 aromatic rings. The highest BCUT2D eigenvalue weighted by Crippen LogP contribution is 2.47. The van der Waals surface area contributed by atoms with Crippen LogP contribution in [0.4, 0.5) is 30.7 Å². The summed E-state index contributed by atoms with van der Waals surface area (Å²) < 4.78 is 93.5. The van der Waals surface area contributed by atoms with E-state index in [4.69, 9.17) is 0 Å². The Hall–Kier alpha value is -1.02. The number of carbonyl (C=O) groups excluding carboxylic acids is 1. The molecule has 1 atom stereocenters. The minimum absolute atomic E-state index is 0.122. The van der Waals surface area contributed by atoms with Gasteiger partial charge < -0.3 is 4.74 Å². The van der Waals surface area contributed by atoms with E-state index in [-0.39, 0.29) is 12.8 Å². The molecule has 0 aromatic carbocycles. The Morgan fingerprint density at radius 2 is 1.14 bits per heavy atom. The molecule has 0 rings (SSSR count). The van der Waals surface area contributed by atoms with E-state index in [1.807, 2.05) is 0 Å². The van der Waals surface area contributed by atoms with Crippen molar-refractivity contribution in [1.29, 1.82) is 0 Å². The van der Waals surface area contributed by atoms with Gasteiger partial charge in [-0.25, -0.2) is 4.79 Å². The molecule has 0 spiro atoms. The van der Waals surface area contributed by atoms with Crippen LogP contribution in [0.15, 0.2) is 0 Å². The maximum absolute atomic E-state index is 13.4. The van der Waals surface area contributed by atoms with Crippen molar-refractivity contribution < 1.29 is 40.3 Å². The predicted molar refractivity (Wildman–Crippen MR) is 97.2 cm³/mol. The van der Waals surface area contributed by atoms with Crippen LogP contribution in [0.1, 0.15) is 97.3 Å². The number of ether oxygens (including phenoxy) is 1. The average molecular weight is 438 g/mol. The molecule has 174 valence electrons. The van der Waals surface area contributed by atoms with Gasteiger partial charge in [0.05, 0.1) is 0 Å². The van der Waals surface area contributed by atoms with Gasteiger partial charge in [-0.3, -0.25) is 0 Å². The highest BCUT2D eigenvalue weighted by molar-refractivity contribution is 5.79. The molecule has 0 saturated carbocycles. The van der Waals surface area contributed by atoms with Gasteiger partial charge in [0, 0.05) is 0 Å². The lowest BCUT2D eigenvalue weighted by Gasteiger charge is -2.28. The molecule has 0 heterocycles. The van der Waals surface area contributed by atoms with Crippen molar-refractivity contribution in [2.45, 2.75) is 121 Å². The summed E-state index contributed by atoms with van der Waals surface area (Å²) in [5, 5.41) is 0. The topological polar surface area (TPSA) is 26.3 Å². The first-order valence-electron chi connectivity index (χ1n) is 10.4. The standard InChI is InChI=1S/C20H33F7O2/c1-3-5-6-7-8-9-10-11-12-13-15-16(14-4-2)29-17(28)18(21,22)19(23,24)20(25,26)27/h16H,3-15H2,1-2H3. The van der Waals surface area contributed by atoms with Gasteiger partial charge in [0.1, 0.15) is 6.10 Å². The number of carbonyl (C=O) groups is 1. The summed E-state index contributed by atoms with van der Waals surface area (Å²) in [4.78, 5) is 11.4. The molecule has 0 radical (unpaired) electrons. The fourth-order valence-corrected chi connectivity index (χ4v) is 2.98. The third kappa shape index (κ3) is 9.55. The first-order valence-corrected chi connectivity index (χ1v) is 10.4. The molecule has 0 aliphatic rings. The van der Waals surface area contributed by atoms with Crippen LogP contribution in [0, 0.1) is 0 Å². The SMILES string of the molecule is CCCCCCCCCCCCC(CCC)OC(=O)C(F)(F)C(F)(F)C(F)(F)F. The molecule has 9 heteroatoms. The van der Waals surface area contributed by atoms with E-state index >= 15 is 0 Å². The third-order valence-corrected chi connectivity index (χ3v) is 4.77. The first kappa shape index (κ1) is 28.0. The lowest BCUT2D eigenvalue weighted by molar-refractivity contribution is -0.349. The van der Waals surface area contributed by atoms with E-state index in [1.54, 1.807) is 6.92 Å². The van der Waals surface area contributed by atoms with Crippen LogP contribution in [0.25, 0.3) is 0 Å². The van der Waals surface area contributed by atoms with Gasteiger partial charge >= 0.3 is 24.0 Å². The summed E-state index contributed by atoms with van der Waals surface area (Å²) >= 11 is 0. The van der Waals surface area contributed by atoms with Gasteiger partial charge in [-0.05, 0) is 19.3 Å². The molecular formula is C20H33F7O2. The van der Waals surface area contributed by atoms with Gasteiger partial charge in [-0.15, -0.1) is 0 Å². The highest BCUT2D eigenvalue weighted by Gasteiger charge is 2.77. The van der Waals surface area contributed by atoms with Crippen molar-refractivity contribution in [3.05, 3.63) is 0 Å². The number of esters is 1. The van der Waals surface area contributed by atoms with Gasteiger partial charge in [0.15, 0.2) is 0 Å². The molecule has 0 bridgehead atoms. The van der Waals surface area contributed by atoms with E-state index in [0.717, 1.165) is 32.1 Å². The number of hydrogen-bond donors (Lipinski definition) is 0. The highest BCUT2D eigenvalue weighted by atomic mass is 19.4. The summed E-state index contributed by atoms with van der Waals surface area (Å²) in [5.74, 6) is -15.3. The summed E-state index contributed by atoms with van der Waals surface area (Å²) in [5.41, 5.74) is 0. The van der Waals surface area contributed by atoms with E-state index in [2.05, 4.69) is 11.7 Å². The van der Waals surface area contributed by atoms with Crippen molar-refractivity contribution in [2.75, 3.05) is 0 Å². The Balaban J connectivity index is 4.36. The summed E-state index contributed by atoms with van der Waals surface area (Å²) in [7, 11) is 0. The van der Waals surface area contributed by atoms with Crippen molar-refractivity contribution in [3.8, 4) is 0 Å². The van der Waals surface area contributed by atoms with Crippen LogP contribution in [0.2, 0.25) is 0 Å². The summed E-state index contributed by atoms with van der Waals surface area (Å²) in [6.45, 7) is 3.81. The monoisotopic (exact) mass is 438 g/mol. The normalized spacial score (nSPS) is 14.1. The fourth-order valence-electron chi connectivity index (χ4n) is 2.98. The van der Waals surface area contributed by atoms with Gasteiger partial charge in [0.2, 0.25) is 0 Å². The molecular weight excluding hydrogens is 405 g/mol. The molecule has 1 unspecified atom stereocenters. The molecule has 0 aliphatic heterocycles. The number of alkyl halides is 7. The molecule has 0 aromatic heterocycles. The summed E-state index contributed by atoms with van der Waals surface area (Å²) in [6, 6.07) is 0. The molecule has 2 nitrogen and oxygen atoms in total. The Labute approximate surface area is 168 Å². The smallest absolute Gasteiger partial charge is 0.458 e. The Morgan fingerprint density at radius 3 is 1.55 bits per heavy atom.